The van der Waals surface area contributed by atoms with Gasteiger partial charge in [-0.15, -0.1) is 0 Å². The second kappa shape index (κ2) is 5.22. The number of benzene rings is 1. The first kappa shape index (κ1) is 13.6. The molecule has 0 N–H and O–H groups in total. The summed E-state index contributed by atoms with van der Waals surface area (Å²) in [6.07, 6.45) is -4.59. The Morgan fingerprint density at radius 2 is 1.71 bits per heavy atom. The highest BCUT2D eigenvalue weighted by atomic mass is 19.4. The lowest BCUT2D eigenvalue weighted by Crippen LogP contribution is -2.21. The molecule has 0 amide bonds. The predicted molar refractivity (Wildman–Crippen MR) is 47.6 cm³/mol. The van der Waals surface area contributed by atoms with Crippen molar-refractivity contribution in [3.05, 3.63) is 35.4 Å². The van der Waals surface area contributed by atoms with E-state index in [0.717, 1.165) is 18.2 Å². The molecule has 2 nitrogen and oxygen atoms in total. The van der Waals surface area contributed by atoms with Crippen LogP contribution in [0.25, 0.3) is 0 Å². The van der Waals surface area contributed by atoms with Gasteiger partial charge >= 0.3 is 6.18 Å². The molecule has 1 aromatic rings. The molecule has 0 spiro atoms. The van der Waals surface area contributed by atoms with Gasteiger partial charge in [0.05, 0.1) is 5.56 Å². The number of ketones is 1. The fourth-order valence-electron chi connectivity index (χ4n) is 1.10. The zero-order valence-corrected chi connectivity index (χ0v) is 8.35. The molecule has 0 unspecified atom stereocenters. The number of Topliss-reactive ketones (excluding diaryl/α,β-unsaturated/α-hetero) is 1. The Bertz CT molecular complexity index is 393. The molecule has 0 saturated heterocycles. The number of carbonyl (C=O) groups is 1. The Morgan fingerprint density at radius 3 is 2.18 bits per heavy atom. The molecule has 0 fully saturated rings. The second-order valence-electron chi connectivity index (χ2n) is 3.13. The Labute approximate surface area is 93.0 Å². The van der Waals surface area contributed by atoms with Gasteiger partial charge in [0.1, 0.15) is 24.8 Å². The average molecular weight is 254 g/mol. The highest BCUT2D eigenvalue weighted by Gasteiger charge is 2.28. The third kappa shape index (κ3) is 4.10. The summed E-state index contributed by atoms with van der Waals surface area (Å²) in [7, 11) is 0. The van der Waals surface area contributed by atoms with E-state index in [0.29, 0.717) is 0 Å². The van der Waals surface area contributed by atoms with E-state index >= 15 is 0 Å². The molecule has 7 heteroatoms. The van der Waals surface area contributed by atoms with Gasteiger partial charge in [0, 0.05) is 0 Å². The van der Waals surface area contributed by atoms with E-state index in [1.165, 1.54) is 0 Å². The first-order valence-electron chi connectivity index (χ1n) is 4.43. The minimum absolute atomic E-state index is 0.833. The van der Waals surface area contributed by atoms with Crippen molar-refractivity contribution >= 4 is 5.78 Å². The molecule has 1 rings (SSSR count). The maximum atomic E-state index is 13.0. The molecule has 0 aliphatic heterocycles. The van der Waals surface area contributed by atoms with Crippen molar-refractivity contribution in [1.82, 2.24) is 0 Å². The van der Waals surface area contributed by atoms with Gasteiger partial charge in [0.2, 0.25) is 0 Å². The summed E-state index contributed by atoms with van der Waals surface area (Å²) in [4.78, 5) is 11.2. The van der Waals surface area contributed by atoms with Crippen molar-refractivity contribution in [2.45, 2.75) is 6.18 Å². The van der Waals surface area contributed by atoms with Crippen LogP contribution in [0.1, 0.15) is 10.4 Å². The van der Waals surface area contributed by atoms with E-state index in [2.05, 4.69) is 4.74 Å². The fourth-order valence-corrected chi connectivity index (χ4v) is 1.10. The molecule has 1 aromatic carbocycles. The van der Waals surface area contributed by atoms with Gasteiger partial charge in [-0.3, -0.25) is 4.79 Å². The van der Waals surface area contributed by atoms with Crippen molar-refractivity contribution < 1.29 is 31.5 Å². The van der Waals surface area contributed by atoms with Gasteiger partial charge in [0.15, 0.2) is 5.78 Å². The van der Waals surface area contributed by atoms with Crippen molar-refractivity contribution in [2.24, 2.45) is 0 Å². The Morgan fingerprint density at radius 1 is 1.18 bits per heavy atom. The standard InChI is InChI=1S/C10H7F5O2/c11-6-2-1-3-7(12)9(6)8(16)4-17-5-10(13,14)15/h1-3H,4-5H2. The highest BCUT2D eigenvalue weighted by molar-refractivity contribution is 5.97. The number of carbonyl (C=O) groups excluding carboxylic acids is 1. The van der Waals surface area contributed by atoms with Crippen LogP contribution < -0.4 is 0 Å². The molecule has 0 atom stereocenters. The zero-order chi connectivity index (χ0) is 13.1. The van der Waals surface area contributed by atoms with Gasteiger partial charge in [-0.25, -0.2) is 8.78 Å². The summed E-state index contributed by atoms with van der Waals surface area (Å²) >= 11 is 0. The minimum atomic E-state index is -4.59. The normalized spacial score (nSPS) is 11.6. The van der Waals surface area contributed by atoms with Crippen molar-refractivity contribution in [1.29, 1.82) is 0 Å². The number of rotatable bonds is 4. The molecule has 17 heavy (non-hydrogen) atoms. The van der Waals surface area contributed by atoms with Crippen LogP contribution in [0.3, 0.4) is 0 Å². The summed E-state index contributed by atoms with van der Waals surface area (Å²) in [5.41, 5.74) is -0.894. The van der Waals surface area contributed by atoms with Crippen LogP contribution in [0.2, 0.25) is 0 Å². The molecule has 0 heterocycles. The second-order valence-corrected chi connectivity index (χ2v) is 3.13. The number of ether oxygens (including phenoxy) is 1. The topological polar surface area (TPSA) is 26.3 Å². The van der Waals surface area contributed by atoms with Crippen molar-refractivity contribution in [2.75, 3.05) is 13.2 Å². The fraction of sp³-hybridized carbons (Fsp3) is 0.300. The first-order chi connectivity index (χ1) is 7.81. The number of hydrogen-bond donors (Lipinski definition) is 0. The molecule has 0 aliphatic rings. The lowest BCUT2D eigenvalue weighted by molar-refractivity contribution is -0.170. The maximum absolute atomic E-state index is 13.0. The van der Waals surface area contributed by atoms with E-state index < -0.39 is 42.4 Å². The molecule has 0 bridgehead atoms. The summed E-state index contributed by atoms with van der Waals surface area (Å²) in [6.45, 7) is -2.67. The van der Waals surface area contributed by atoms with Crippen LogP contribution in [0, 0.1) is 11.6 Å². The third-order valence-electron chi connectivity index (χ3n) is 1.74. The van der Waals surface area contributed by atoms with Gasteiger partial charge in [0.25, 0.3) is 0 Å². The van der Waals surface area contributed by atoms with Gasteiger partial charge < -0.3 is 4.74 Å². The zero-order valence-electron chi connectivity index (χ0n) is 8.35. The Hall–Kier alpha value is -1.50. The van der Waals surface area contributed by atoms with Crippen LogP contribution >= 0.6 is 0 Å². The SMILES string of the molecule is O=C(COCC(F)(F)F)c1c(F)cccc1F. The summed E-state index contributed by atoms with van der Waals surface area (Å²) in [5, 5.41) is 0. The maximum Gasteiger partial charge on any atom is 0.411 e. The largest absolute Gasteiger partial charge is 0.411 e. The summed E-state index contributed by atoms with van der Waals surface area (Å²) < 4.78 is 65.1. The average Bonchev–Trinajstić information content (AvgIpc) is 2.15. The van der Waals surface area contributed by atoms with Gasteiger partial charge in [-0.1, -0.05) is 6.07 Å². The van der Waals surface area contributed by atoms with Gasteiger partial charge in [-0.05, 0) is 12.1 Å². The molecule has 0 aromatic heterocycles. The van der Waals surface area contributed by atoms with Crippen LogP contribution in [0.15, 0.2) is 18.2 Å². The van der Waals surface area contributed by atoms with Crippen molar-refractivity contribution in [3.63, 3.8) is 0 Å². The molecular formula is C10H7F5O2. The molecular weight excluding hydrogens is 247 g/mol. The quantitative estimate of drug-likeness (QED) is 0.610. The van der Waals surface area contributed by atoms with Crippen molar-refractivity contribution in [3.8, 4) is 0 Å². The lowest BCUT2D eigenvalue weighted by Gasteiger charge is -2.07. The number of hydrogen-bond acceptors (Lipinski definition) is 2. The van der Waals surface area contributed by atoms with Crippen LogP contribution in [-0.2, 0) is 4.74 Å². The first-order valence-corrected chi connectivity index (χ1v) is 4.43. The van der Waals surface area contributed by atoms with Crippen LogP contribution in [0.5, 0.6) is 0 Å². The smallest absolute Gasteiger partial charge is 0.364 e. The molecule has 94 valence electrons. The molecule has 0 radical (unpaired) electrons. The van der Waals surface area contributed by atoms with Crippen LogP contribution in [0.4, 0.5) is 22.0 Å². The van der Waals surface area contributed by atoms with E-state index in [1.54, 1.807) is 0 Å². The Balaban J connectivity index is 2.65. The highest BCUT2D eigenvalue weighted by Crippen LogP contribution is 2.16. The molecule has 0 aliphatic carbocycles. The number of alkyl halides is 3. The molecule has 0 saturated carbocycles. The van der Waals surface area contributed by atoms with Crippen LogP contribution in [-0.4, -0.2) is 25.2 Å². The third-order valence-corrected chi connectivity index (χ3v) is 1.74. The van der Waals surface area contributed by atoms with Gasteiger partial charge in [-0.2, -0.15) is 13.2 Å². The summed E-state index contributed by atoms with van der Waals surface area (Å²) in [6, 6.07) is 2.71. The minimum Gasteiger partial charge on any atom is -0.364 e. The summed E-state index contributed by atoms with van der Waals surface area (Å²) in [5.74, 6) is -3.44. The van der Waals surface area contributed by atoms with E-state index in [9.17, 15) is 26.7 Å². The Kier molecular flexibility index (Phi) is 4.17. The number of halogens is 5. The monoisotopic (exact) mass is 254 g/mol. The lowest BCUT2D eigenvalue weighted by atomic mass is 10.1. The van der Waals surface area contributed by atoms with E-state index in [4.69, 9.17) is 0 Å². The predicted octanol–water partition coefficient (Wildman–Crippen LogP) is 2.73. The van der Waals surface area contributed by atoms with E-state index in [1.807, 2.05) is 0 Å². The van der Waals surface area contributed by atoms with E-state index in [-0.39, 0.29) is 0 Å².